The van der Waals surface area contributed by atoms with Crippen molar-refractivity contribution in [3.8, 4) is 5.75 Å². The maximum Gasteiger partial charge on any atom is 0.243 e. The Morgan fingerprint density at radius 1 is 1.11 bits per heavy atom. The largest absolute Gasteiger partial charge is 0.496 e. The van der Waals surface area contributed by atoms with E-state index in [0.29, 0.717) is 28.1 Å². The third-order valence-corrected chi connectivity index (χ3v) is 6.81. The summed E-state index contributed by atoms with van der Waals surface area (Å²) in [6.07, 6.45) is 1.44. The van der Waals surface area contributed by atoms with Crippen LogP contribution >= 0.6 is 23.2 Å². The number of sulfonamides is 1. The summed E-state index contributed by atoms with van der Waals surface area (Å²) in [6, 6.07) is 12.0. The van der Waals surface area contributed by atoms with Crippen LogP contribution in [-0.4, -0.2) is 31.4 Å². The van der Waals surface area contributed by atoms with E-state index in [9.17, 15) is 8.42 Å². The van der Waals surface area contributed by atoms with Gasteiger partial charge in [0, 0.05) is 35.6 Å². The van der Waals surface area contributed by atoms with Gasteiger partial charge in [0.1, 0.15) is 10.9 Å². The normalized spacial score (nSPS) is 11.9. The summed E-state index contributed by atoms with van der Waals surface area (Å²) in [5, 5.41) is 1.78. The molecular formula is C19H18Cl2N2O3S. The van der Waals surface area contributed by atoms with Gasteiger partial charge in [0.25, 0.3) is 0 Å². The number of fused-ring (bicyclic) bond motifs is 1. The predicted octanol–water partition coefficient (Wildman–Crippen LogP) is 4.76. The number of para-hydroxylation sites is 1. The van der Waals surface area contributed by atoms with E-state index in [-0.39, 0.29) is 16.6 Å². The first kappa shape index (κ1) is 19.9. The molecule has 0 amide bonds. The lowest BCUT2D eigenvalue weighted by atomic mass is 10.2. The first-order valence-corrected chi connectivity index (χ1v) is 10.4. The number of benzene rings is 2. The molecule has 0 atom stereocenters. The predicted molar refractivity (Wildman–Crippen MR) is 108 cm³/mol. The Hall–Kier alpha value is -1.86. The maximum absolute atomic E-state index is 13.2. The Bertz CT molecular complexity index is 1090. The van der Waals surface area contributed by atoms with Crippen molar-refractivity contribution < 1.29 is 13.2 Å². The molecule has 3 rings (SSSR count). The van der Waals surface area contributed by atoms with Crippen LogP contribution < -0.4 is 4.74 Å². The van der Waals surface area contributed by atoms with E-state index in [2.05, 4.69) is 4.98 Å². The van der Waals surface area contributed by atoms with Gasteiger partial charge in [0.15, 0.2) is 0 Å². The van der Waals surface area contributed by atoms with Crippen LogP contribution in [0.25, 0.3) is 10.8 Å². The van der Waals surface area contributed by atoms with E-state index in [1.807, 2.05) is 18.2 Å². The number of aromatic nitrogens is 1. The smallest absolute Gasteiger partial charge is 0.243 e. The third-order valence-electron chi connectivity index (χ3n) is 4.29. The van der Waals surface area contributed by atoms with Gasteiger partial charge in [-0.15, -0.1) is 0 Å². The topological polar surface area (TPSA) is 59.5 Å². The minimum absolute atomic E-state index is 0.137. The van der Waals surface area contributed by atoms with Crippen LogP contribution in [-0.2, 0) is 16.6 Å². The van der Waals surface area contributed by atoms with E-state index < -0.39 is 10.0 Å². The number of halogens is 2. The molecule has 142 valence electrons. The second-order valence-electron chi connectivity index (χ2n) is 5.85. The molecule has 0 spiro atoms. The molecule has 5 nitrogen and oxygen atoms in total. The van der Waals surface area contributed by atoms with Gasteiger partial charge in [-0.1, -0.05) is 54.4 Å². The van der Waals surface area contributed by atoms with Crippen molar-refractivity contribution in [3.63, 3.8) is 0 Å². The second-order valence-corrected chi connectivity index (χ2v) is 8.55. The molecule has 0 saturated carbocycles. The molecular weight excluding hydrogens is 407 g/mol. The first-order chi connectivity index (χ1) is 12.9. The van der Waals surface area contributed by atoms with Crippen LogP contribution in [0.15, 0.2) is 53.6 Å². The second kappa shape index (κ2) is 8.02. The molecule has 0 radical (unpaired) electrons. The van der Waals surface area contributed by atoms with Crippen LogP contribution in [0.5, 0.6) is 5.75 Å². The van der Waals surface area contributed by atoms with Crippen LogP contribution in [0.2, 0.25) is 10.2 Å². The monoisotopic (exact) mass is 424 g/mol. The van der Waals surface area contributed by atoms with E-state index in [4.69, 9.17) is 27.9 Å². The summed E-state index contributed by atoms with van der Waals surface area (Å²) in [5.41, 5.74) is 0.786. The van der Waals surface area contributed by atoms with Crippen LogP contribution in [0.3, 0.4) is 0 Å². The molecule has 0 saturated heterocycles. The Morgan fingerprint density at radius 3 is 2.56 bits per heavy atom. The fourth-order valence-corrected chi connectivity index (χ4v) is 4.73. The Balaban J connectivity index is 2.03. The Kier molecular flexibility index (Phi) is 5.91. The lowest BCUT2D eigenvalue weighted by Gasteiger charge is -2.22. The van der Waals surface area contributed by atoms with Gasteiger partial charge in [-0.2, -0.15) is 4.31 Å². The third kappa shape index (κ3) is 3.89. The zero-order valence-electron chi connectivity index (χ0n) is 14.8. The summed E-state index contributed by atoms with van der Waals surface area (Å²) < 4.78 is 33.1. The number of hydrogen-bond donors (Lipinski definition) is 0. The van der Waals surface area contributed by atoms with E-state index in [1.165, 1.54) is 22.6 Å². The molecule has 0 aliphatic carbocycles. The summed E-state index contributed by atoms with van der Waals surface area (Å²) >= 11 is 12.3. The fourth-order valence-electron chi connectivity index (χ4n) is 2.85. The van der Waals surface area contributed by atoms with E-state index in [0.717, 1.165) is 5.56 Å². The van der Waals surface area contributed by atoms with Crippen molar-refractivity contribution in [3.05, 3.63) is 64.4 Å². The standard InChI is InChI=1S/C19H18Cl2N2O3S/c1-3-23(12-13-6-4-5-7-18(13)26-2)27(24,25)14-8-9-15-16(10-14)19(21)22-11-17(15)20/h4-11H,3,12H2,1-2H3. The van der Waals surface area contributed by atoms with Gasteiger partial charge in [0.05, 0.1) is 17.0 Å². The number of methoxy groups -OCH3 is 1. The molecule has 0 aliphatic heterocycles. The molecule has 0 fully saturated rings. The number of ether oxygens (including phenoxy) is 1. The van der Waals surface area contributed by atoms with Crippen molar-refractivity contribution in [1.82, 2.24) is 9.29 Å². The minimum Gasteiger partial charge on any atom is -0.496 e. The molecule has 3 aromatic rings. The highest BCUT2D eigenvalue weighted by Gasteiger charge is 2.25. The number of pyridine rings is 1. The van der Waals surface area contributed by atoms with Gasteiger partial charge in [0.2, 0.25) is 10.0 Å². The molecule has 1 heterocycles. The van der Waals surface area contributed by atoms with Crippen molar-refractivity contribution >= 4 is 44.0 Å². The highest BCUT2D eigenvalue weighted by Crippen LogP contribution is 2.31. The Labute approximate surface area is 168 Å². The van der Waals surface area contributed by atoms with Crippen molar-refractivity contribution in [2.24, 2.45) is 0 Å². The van der Waals surface area contributed by atoms with E-state index >= 15 is 0 Å². The molecule has 8 heteroatoms. The van der Waals surface area contributed by atoms with Crippen molar-refractivity contribution in [2.45, 2.75) is 18.4 Å². The van der Waals surface area contributed by atoms with Crippen LogP contribution in [0.4, 0.5) is 0 Å². The van der Waals surface area contributed by atoms with Gasteiger partial charge in [-0.3, -0.25) is 0 Å². The van der Waals surface area contributed by atoms with Gasteiger partial charge in [-0.25, -0.2) is 13.4 Å². The average Bonchev–Trinajstić information content (AvgIpc) is 2.68. The zero-order valence-corrected chi connectivity index (χ0v) is 17.1. The van der Waals surface area contributed by atoms with Crippen LogP contribution in [0, 0.1) is 0 Å². The first-order valence-electron chi connectivity index (χ1n) is 8.24. The fraction of sp³-hybridized carbons (Fsp3) is 0.211. The van der Waals surface area contributed by atoms with Gasteiger partial charge >= 0.3 is 0 Å². The van der Waals surface area contributed by atoms with Gasteiger partial charge < -0.3 is 4.74 Å². The van der Waals surface area contributed by atoms with Crippen LogP contribution in [0.1, 0.15) is 12.5 Å². The van der Waals surface area contributed by atoms with Crippen molar-refractivity contribution in [1.29, 1.82) is 0 Å². The number of rotatable bonds is 6. The summed E-state index contributed by atoms with van der Waals surface area (Å²) in [6.45, 7) is 2.29. The van der Waals surface area contributed by atoms with E-state index in [1.54, 1.807) is 26.2 Å². The highest BCUT2D eigenvalue weighted by molar-refractivity contribution is 7.89. The quantitative estimate of drug-likeness (QED) is 0.535. The Morgan fingerprint density at radius 2 is 1.85 bits per heavy atom. The number of nitrogens with zero attached hydrogens (tertiary/aromatic N) is 2. The number of hydrogen-bond acceptors (Lipinski definition) is 4. The lowest BCUT2D eigenvalue weighted by Crippen LogP contribution is -2.30. The molecule has 1 aromatic heterocycles. The molecule has 0 N–H and O–H groups in total. The SMILES string of the molecule is CCN(Cc1ccccc1OC)S(=O)(=O)c1ccc2c(Cl)cnc(Cl)c2c1. The molecule has 27 heavy (non-hydrogen) atoms. The van der Waals surface area contributed by atoms with Gasteiger partial charge in [-0.05, 0) is 18.2 Å². The zero-order chi connectivity index (χ0) is 19.6. The maximum atomic E-state index is 13.2. The highest BCUT2D eigenvalue weighted by atomic mass is 35.5. The molecule has 0 aliphatic rings. The summed E-state index contributed by atoms with van der Waals surface area (Å²) in [7, 11) is -2.19. The molecule has 0 bridgehead atoms. The van der Waals surface area contributed by atoms with Crippen molar-refractivity contribution in [2.75, 3.05) is 13.7 Å². The summed E-state index contributed by atoms with van der Waals surface area (Å²) in [5.74, 6) is 0.642. The average molecular weight is 425 g/mol. The minimum atomic E-state index is -3.75. The molecule has 0 unspecified atom stereocenters. The lowest BCUT2D eigenvalue weighted by molar-refractivity contribution is 0.386. The molecule has 2 aromatic carbocycles. The summed E-state index contributed by atoms with van der Waals surface area (Å²) in [4.78, 5) is 4.13.